The van der Waals surface area contributed by atoms with E-state index in [4.69, 9.17) is 9.47 Å². The lowest BCUT2D eigenvalue weighted by Crippen LogP contribution is -2.39. The van der Waals surface area contributed by atoms with Crippen LogP contribution in [0, 0.1) is 0 Å². The molecule has 0 aliphatic carbocycles. The molecule has 0 aromatic heterocycles. The van der Waals surface area contributed by atoms with E-state index in [1.165, 1.54) is 32.4 Å². The Kier molecular flexibility index (Phi) is 5.98. The third-order valence-electron chi connectivity index (χ3n) is 3.69. The second-order valence-electron chi connectivity index (χ2n) is 5.37. The fraction of sp³-hybridized carbons (Fsp3) is 0.500. The summed E-state index contributed by atoms with van der Waals surface area (Å²) in [5, 5.41) is 0. The van der Waals surface area contributed by atoms with Gasteiger partial charge in [-0.25, -0.2) is 13.2 Å². The van der Waals surface area contributed by atoms with E-state index in [1.807, 2.05) is 5.48 Å². The molecule has 1 heterocycles. The molecule has 26 heavy (non-hydrogen) atoms. The van der Waals surface area contributed by atoms with E-state index in [9.17, 15) is 26.4 Å². The van der Waals surface area contributed by atoms with Gasteiger partial charge in [-0.3, -0.25) is 0 Å². The number of nitrogens with one attached hydrogen (secondary N) is 1. The second kappa shape index (κ2) is 7.68. The highest BCUT2D eigenvalue weighted by Gasteiger charge is 2.42. The van der Waals surface area contributed by atoms with Gasteiger partial charge >= 0.3 is 12.1 Å². The van der Waals surface area contributed by atoms with Gasteiger partial charge in [-0.2, -0.15) is 17.5 Å². The van der Waals surface area contributed by atoms with Crippen molar-refractivity contribution in [2.45, 2.75) is 23.5 Å². The molecule has 1 aromatic rings. The zero-order valence-electron chi connectivity index (χ0n) is 13.9. The molecule has 1 atom stereocenters. The molecule has 1 aliphatic heterocycles. The van der Waals surface area contributed by atoms with Gasteiger partial charge in [0.05, 0.1) is 25.2 Å². The van der Waals surface area contributed by atoms with Crippen LogP contribution in [0.1, 0.15) is 6.42 Å². The second-order valence-corrected chi connectivity index (χ2v) is 7.31. The van der Waals surface area contributed by atoms with Crippen molar-refractivity contribution in [2.75, 3.05) is 27.3 Å². The van der Waals surface area contributed by atoms with Gasteiger partial charge in [-0.1, -0.05) is 0 Å². The topological polar surface area (TPSA) is 94.2 Å². The summed E-state index contributed by atoms with van der Waals surface area (Å²) in [5.74, 6) is -1.81. The molecule has 8 nitrogen and oxygen atoms in total. The van der Waals surface area contributed by atoms with Gasteiger partial charge in [0.1, 0.15) is 0 Å². The van der Waals surface area contributed by atoms with Crippen LogP contribution >= 0.6 is 0 Å². The largest absolute Gasteiger partial charge is 0.493 e. The first kappa shape index (κ1) is 20.3. The Hall–Kier alpha value is -2.05. The molecule has 0 amide bonds. The summed E-state index contributed by atoms with van der Waals surface area (Å²) < 4.78 is 72.8. The number of sulfonamides is 1. The standard InChI is InChI=1S/C14H17F3N2O6S/c1-23-11-4-3-10(7-12(11)24-2)26(21,22)19-6-5-9(8-19)18-25-13(20)14(15,16)17/h3-4,7,9,18H,5-6,8H2,1-2H3. The Morgan fingerprint density at radius 2 is 1.88 bits per heavy atom. The van der Waals surface area contributed by atoms with Crippen molar-refractivity contribution in [1.82, 2.24) is 9.79 Å². The maximum Gasteiger partial charge on any atom is 0.492 e. The lowest BCUT2D eigenvalue weighted by Gasteiger charge is -2.18. The number of alkyl halides is 3. The molecule has 0 saturated carbocycles. The Bertz CT molecular complexity index is 768. The average Bonchev–Trinajstić information content (AvgIpc) is 3.07. The molecule has 1 aliphatic rings. The van der Waals surface area contributed by atoms with Gasteiger partial charge in [0, 0.05) is 19.2 Å². The number of nitrogens with zero attached hydrogens (tertiary/aromatic N) is 1. The highest BCUT2D eigenvalue weighted by atomic mass is 32.2. The summed E-state index contributed by atoms with van der Waals surface area (Å²) in [4.78, 5) is 14.6. The molecule has 1 saturated heterocycles. The minimum Gasteiger partial charge on any atom is -0.493 e. The Morgan fingerprint density at radius 1 is 1.23 bits per heavy atom. The average molecular weight is 398 g/mol. The van der Waals surface area contributed by atoms with Gasteiger partial charge in [-0.05, 0) is 18.6 Å². The number of hydroxylamine groups is 1. The minimum absolute atomic E-state index is 0.0527. The van der Waals surface area contributed by atoms with Crippen LogP contribution in [0.4, 0.5) is 13.2 Å². The van der Waals surface area contributed by atoms with Gasteiger partial charge in [0.2, 0.25) is 10.0 Å². The van der Waals surface area contributed by atoms with E-state index in [0.717, 1.165) is 4.31 Å². The van der Waals surface area contributed by atoms with Crippen LogP contribution in [-0.4, -0.2) is 58.2 Å². The first-order valence-corrected chi connectivity index (χ1v) is 8.79. The van der Waals surface area contributed by atoms with Crippen molar-refractivity contribution in [1.29, 1.82) is 0 Å². The molecule has 146 valence electrons. The van der Waals surface area contributed by atoms with Gasteiger partial charge in [-0.15, -0.1) is 5.48 Å². The third kappa shape index (κ3) is 4.37. The Morgan fingerprint density at radius 3 is 2.46 bits per heavy atom. The minimum atomic E-state index is -5.13. The van der Waals surface area contributed by atoms with Gasteiger partial charge in [0.25, 0.3) is 0 Å². The van der Waals surface area contributed by atoms with Crippen LogP contribution in [0.15, 0.2) is 23.1 Å². The maximum atomic E-state index is 12.7. The van der Waals surface area contributed by atoms with E-state index in [0.29, 0.717) is 5.75 Å². The Labute approximate surface area is 147 Å². The molecule has 0 radical (unpaired) electrons. The van der Waals surface area contributed by atoms with Crippen LogP contribution in [0.3, 0.4) is 0 Å². The van der Waals surface area contributed by atoms with Gasteiger partial charge < -0.3 is 14.3 Å². The van der Waals surface area contributed by atoms with E-state index >= 15 is 0 Å². The molecule has 2 rings (SSSR count). The molecule has 1 unspecified atom stereocenters. The fourth-order valence-electron chi connectivity index (χ4n) is 2.36. The quantitative estimate of drug-likeness (QED) is 0.717. The molecule has 0 bridgehead atoms. The number of benzene rings is 1. The number of rotatable bonds is 6. The van der Waals surface area contributed by atoms with Crippen molar-refractivity contribution in [3.8, 4) is 11.5 Å². The summed E-state index contributed by atoms with van der Waals surface area (Å²) in [6, 6.07) is 3.30. The lowest BCUT2D eigenvalue weighted by molar-refractivity contribution is -0.208. The van der Waals surface area contributed by atoms with E-state index in [1.54, 1.807) is 0 Å². The Balaban J connectivity index is 2.06. The van der Waals surface area contributed by atoms with Crippen molar-refractivity contribution >= 4 is 16.0 Å². The zero-order chi connectivity index (χ0) is 19.5. The summed E-state index contributed by atoms with van der Waals surface area (Å²) in [7, 11) is -1.13. The summed E-state index contributed by atoms with van der Waals surface area (Å²) in [6.45, 7) is -0.0975. The molecular weight excluding hydrogens is 381 g/mol. The number of hydrogen-bond donors (Lipinski definition) is 1. The highest BCUT2D eigenvalue weighted by molar-refractivity contribution is 7.89. The highest BCUT2D eigenvalue weighted by Crippen LogP contribution is 2.31. The van der Waals surface area contributed by atoms with Crippen LogP contribution < -0.4 is 15.0 Å². The molecule has 1 N–H and O–H groups in total. The molecule has 1 aromatic carbocycles. The normalized spacial score (nSPS) is 18.6. The predicted molar refractivity (Wildman–Crippen MR) is 82.0 cm³/mol. The van der Waals surface area contributed by atoms with Crippen molar-refractivity contribution in [2.24, 2.45) is 0 Å². The third-order valence-corrected chi connectivity index (χ3v) is 5.55. The van der Waals surface area contributed by atoms with E-state index in [-0.39, 0.29) is 30.2 Å². The predicted octanol–water partition coefficient (Wildman–Crippen LogP) is 1.08. The lowest BCUT2D eigenvalue weighted by atomic mass is 10.3. The smallest absolute Gasteiger partial charge is 0.492 e. The first-order valence-electron chi connectivity index (χ1n) is 7.35. The SMILES string of the molecule is COc1ccc(S(=O)(=O)N2CCC(NOC(=O)C(F)(F)F)C2)cc1OC. The monoisotopic (exact) mass is 398 g/mol. The number of hydrogen-bond acceptors (Lipinski definition) is 7. The van der Waals surface area contributed by atoms with Crippen LogP contribution in [0.25, 0.3) is 0 Å². The van der Waals surface area contributed by atoms with Crippen molar-refractivity contribution in [3.05, 3.63) is 18.2 Å². The van der Waals surface area contributed by atoms with Crippen LogP contribution in [-0.2, 0) is 19.7 Å². The molecule has 1 fully saturated rings. The maximum absolute atomic E-state index is 12.7. The number of carbonyl (C=O) groups excluding carboxylic acids is 1. The number of carbonyl (C=O) groups is 1. The van der Waals surface area contributed by atoms with E-state index < -0.39 is 28.2 Å². The molecular formula is C14H17F3N2O6S. The number of halogens is 3. The summed E-state index contributed by atoms with van der Waals surface area (Å²) in [5.41, 5.74) is 1.96. The first-order chi connectivity index (χ1) is 12.1. The molecule has 12 heteroatoms. The summed E-state index contributed by atoms with van der Waals surface area (Å²) in [6.07, 6.45) is -4.95. The number of ether oxygens (including phenoxy) is 2. The molecule has 0 spiro atoms. The van der Waals surface area contributed by atoms with Crippen molar-refractivity contribution in [3.63, 3.8) is 0 Å². The zero-order valence-corrected chi connectivity index (χ0v) is 14.7. The summed E-state index contributed by atoms with van der Waals surface area (Å²) >= 11 is 0. The van der Waals surface area contributed by atoms with Crippen molar-refractivity contribution < 1.29 is 40.7 Å². The van der Waals surface area contributed by atoms with Gasteiger partial charge in [0.15, 0.2) is 11.5 Å². The fourth-order valence-corrected chi connectivity index (χ4v) is 3.88. The van der Waals surface area contributed by atoms with Crippen LogP contribution in [0.5, 0.6) is 11.5 Å². The van der Waals surface area contributed by atoms with Crippen LogP contribution in [0.2, 0.25) is 0 Å². The van der Waals surface area contributed by atoms with E-state index in [2.05, 4.69) is 4.84 Å². The number of methoxy groups -OCH3 is 2.